The van der Waals surface area contributed by atoms with Gasteiger partial charge in [0.1, 0.15) is 34.0 Å². The quantitative estimate of drug-likeness (QED) is 0.269. The first kappa shape index (κ1) is 19.8. The van der Waals surface area contributed by atoms with Gasteiger partial charge in [-0.3, -0.25) is 14.9 Å². The monoisotopic (exact) mass is 411 g/mol. The molecule has 29 heavy (non-hydrogen) atoms. The predicted molar refractivity (Wildman–Crippen MR) is 104 cm³/mol. The van der Waals surface area contributed by atoms with E-state index in [9.17, 15) is 24.6 Å². The van der Waals surface area contributed by atoms with Crippen LogP contribution in [-0.2, 0) is 4.79 Å². The summed E-state index contributed by atoms with van der Waals surface area (Å²) in [5.41, 5.74) is 0.229. The number of nitrogens with zero attached hydrogens (tertiary/aromatic N) is 2. The summed E-state index contributed by atoms with van der Waals surface area (Å²) in [4.78, 5) is 22.7. The number of benzene rings is 2. The van der Waals surface area contributed by atoms with Crippen molar-refractivity contribution in [2.24, 2.45) is 0 Å². The number of nitriles is 1. The van der Waals surface area contributed by atoms with Crippen molar-refractivity contribution in [3.05, 3.63) is 86.9 Å². The number of nitro benzene ring substituents is 1. The smallest absolute Gasteiger partial charge is 0.288 e. The van der Waals surface area contributed by atoms with E-state index in [0.29, 0.717) is 17.0 Å². The third-order valence-corrected chi connectivity index (χ3v) is 4.13. The molecular weight excluding hydrogens is 401 g/mol. The molecule has 0 radical (unpaired) electrons. The van der Waals surface area contributed by atoms with Crippen LogP contribution in [0.1, 0.15) is 5.76 Å². The zero-order valence-electron chi connectivity index (χ0n) is 14.6. The number of amides is 1. The fraction of sp³-hybridized carbons (Fsp3) is 0. The second kappa shape index (κ2) is 8.37. The molecule has 3 aromatic rings. The first-order chi connectivity index (χ1) is 13.9. The van der Waals surface area contributed by atoms with Gasteiger partial charge in [-0.15, -0.1) is 0 Å². The van der Waals surface area contributed by atoms with Crippen LogP contribution in [0.25, 0.3) is 17.4 Å². The van der Waals surface area contributed by atoms with Gasteiger partial charge in [-0.05, 0) is 48.5 Å². The van der Waals surface area contributed by atoms with E-state index in [1.165, 1.54) is 48.5 Å². The standard InChI is InChI=1S/C20H11ClFN3O4/c21-17-7-1-12(10-18(17)25(27)28)19-8-6-16(29-19)9-13(11-23)20(26)24-15-4-2-14(22)3-5-15/h1-10H,(H,24,26)/b13-9+. The van der Waals surface area contributed by atoms with Crippen LogP contribution < -0.4 is 5.32 Å². The number of nitro groups is 1. The second-order valence-electron chi connectivity index (χ2n) is 5.76. The van der Waals surface area contributed by atoms with E-state index >= 15 is 0 Å². The Balaban J connectivity index is 1.83. The molecule has 0 saturated heterocycles. The first-order valence-corrected chi connectivity index (χ1v) is 8.48. The summed E-state index contributed by atoms with van der Waals surface area (Å²) in [7, 11) is 0. The summed E-state index contributed by atoms with van der Waals surface area (Å²) < 4.78 is 18.5. The topological polar surface area (TPSA) is 109 Å². The van der Waals surface area contributed by atoms with Gasteiger partial charge in [0.15, 0.2) is 0 Å². The van der Waals surface area contributed by atoms with E-state index in [1.54, 1.807) is 18.2 Å². The molecule has 9 heteroatoms. The lowest BCUT2D eigenvalue weighted by Crippen LogP contribution is -2.13. The molecule has 1 N–H and O–H groups in total. The van der Waals surface area contributed by atoms with Crippen molar-refractivity contribution in [2.45, 2.75) is 0 Å². The van der Waals surface area contributed by atoms with Crippen LogP contribution in [0.4, 0.5) is 15.8 Å². The molecule has 7 nitrogen and oxygen atoms in total. The Hall–Kier alpha value is -3.96. The number of halogens is 2. The minimum Gasteiger partial charge on any atom is -0.457 e. The third kappa shape index (κ3) is 4.66. The van der Waals surface area contributed by atoms with E-state index in [4.69, 9.17) is 16.0 Å². The van der Waals surface area contributed by atoms with Crippen molar-refractivity contribution in [1.29, 1.82) is 5.26 Å². The summed E-state index contributed by atoms with van der Waals surface area (Å²) in [6, 6.07) is 14.1. The molecule has 0 unspecified atom stereocenters. The van der Waals surface area contributed by atoms with E-state index in [2.05, 4.69) is 5.32 Å². The van der Waals surface area contributed by atoms with E-state index in [0.717, 1.165) is 0 Å². The number of nitrogens with one attached hydrogen (secondary N) is 1. The Kier molecular flexibility index (Phi) is 5.71. The fourth-order valence-electron chi connectivity index (χ4n) is 2.41. The molecule has 0 aliphatic rings. The molecular formula is C20H11ClFN3O4. The number of furan rings is 1. The summed E-state index contributed by atoms with van der Waals surface area (Å²) in [5, 5.41) is 22.8. The molecule has 1 heterocycles. The van der Waals surface area contributed by atoms with Crippen LogP contribution in [0.15, 0.2) is 64.6 Å². The van der Waals surface area contributed by atoms with Gasteiger partial charge in [0, 0.05) is 23.4 Å². The molecule has 1 amide bonds. The Morgan fingerprint density at radius 1 is 1.21 bits per heavy atom. The molecule has 2 aromatic carbocycles. The average Bonchev–Trinajstić information content (AvgIpc) is 3.16. The number of hydrogen-bond donors (Lipinski definition) is 1. The molecule has 0 saturated carbocycles. The van der Waals surface area contributed by atoms with Crippen LogP contribution >= 0.6 is 11.6 Å². The van der Waals surface area contributed by atoms with Crippen LogP contribution in [-0.4, -0.2) is 10.8 Å². The van der Waals surface area contributed by atoms with Crippen LogP contribution in [0.2, 0.25) is 5.02 Å². The summed E-state index contributed by atoms with van der Waals surface area (Å²) in [6.07, 6.45) is 1.23. The van der Waals surface area contributed by atoms with Gasteiger partial charge in [0.05, 0.1) is 4.92 Å². The third-order valence-electron chi connectivity index (χ3n) is 3.81. The largest absolute Gasteiger partial charge is 0.457 e. The Bertz CT molecular complexity index is 1160. The molecule has 0 spiro atoms. The first-order valence-electron chi connectivity index (χ1n) is 8.10. The normalized spacial score (nSPS) is 11.0. The summed E-state index contributed by atoms with van der Waals surface area (Å²) in [6.45, 7) is 0. The summed E-state index contributed by atoms with van der Waals surface area (Å²) in [5.74, 6) is -0.653. The van der Waals surface area contributed by atoms with E-state index in [1.807, 2.05) is 0 Å². The van der Waals surface area contributed by atoms with Crippen LogP contribution in [0, 0.1) is 27.3 Å². The molecule has 0 fully saturated rings. The highest BCUT2D eigenvalue weighted by atomic mass is 35.5. The Labute approximate surface area is 168 Å². The van der Waals surface area contributed by atoms with Crippen LogP contribution in [0.3, 0.4) is 0 Å². The van der Waals surface area contributed by atoms with Gasteiger partial charge in [0.25, 0.3) is 11.6 Å². The molecule has 0 aliphatic heterocycles. The van der Waals surface area contributed by atoms with Crippen molar-refractivity contribution in [1.82, 2.24) is 0 Å². The summed E-state index contributed by atoms with van der Waals surface area (Å²) >= 11 is 5.80. The second-order valence-corrected chi connectivity index (χ2v) is 6.16. The lowest BCUT2D eigenvalue weighted by Gasteiger charge is -2.03. The van der Waals surface area contributed by atoms with Crippen molar-refractivity contribution in [3.8, 4) is 17.4 Å². The highest BCUT2D eigenvalue weighted by Gasteiger charge is 2.16. The van der Waals surface area contributed by atoms with Gasteiger partial charge >= 0.3 is 0 Å². The number of carbonyl (C=O) groups excluding carboxylic acids is 1. The van der Waals surface area contributed by atoms with Gasteiger partial charge in [-0.25, -0.2) is 4.39 Å². The molecule has 0 bridgehead atoms. The van der Waals surface area contributed by atoms with Crippen molar-refractivity contribution in [2.75, 3.05) is 5.32 Å². The van der Waals surface area contributed by atoms with Gasteiger partial charge < -0.3 is 9.73 Å². The van der Waals surface area contributed by atoms with Crippen molar-refractivity contribution >= 4 is 35.0 Å². The Morgan fingerprint density at radius 2 is 1.93 bits per heavy atom. The molecule has 0 atom stereocenters. The van der Waals surface area contributed by atoms with Gasteiger partial charge in [-0.1, -0.05) is 11.6 Å². The van der Waals surface area contributed by atoms with Crippen LogP contribution in [0.5, 0.6) is 0 Å². The lowest BCUT2D eigenvalue weighted by molar-refractivity contribution is -0.384. The average molecular weight is 412 g/mol. The van der Waals surface area contributed by atoms with E-state index in [-0.39, 0.29) is 22.0 Å². The maximum Gasteiger partial charge on any atom is 0.288 e. The van der Waals surface area contributed by atoms with Crippen molar-refractivity contribution < 1.29 is 18.5 Å². The number of anilines is 1. The highest BCUT2D eigenvalue weighted by Crippen LogP contribution is 2.31. The molecule has 3 rings (SSSR count). The highest BCUT2D eigenvalue weighted by molar-refractivity contribution is 6.32. The minimum atomic E-state index is -0.695. The van der Waals surface area contributed by atoms with Gasteiger partial charge in [-0.2, -0.15) is 5.26 Å². The molecule has 0 aliphatic carbocycles. The lowest BCUT2D eigenvalue weighted by atomic mass is 10.1. The van der Waals surface area contributed by atoms with Gasteiger partial charge in [0.2, 0.25) is 0 Å². The maximum absolute atomic E-state index is 12.9. The van der Waals surface area contributed by atoms with Crippen molar-refractivity contribution in [3.63, 3.8) is 0 Å². The molecule has 144 valence electrons. The SMILES string of the molecule is N#C/C(=C\c1ccc(-c2ccc(Cl)c([N+](=O)[O-])c2)o1)C(=O)Nc1ccc(F)cc1. The zero-order valence-corrected chi connectivity index (χ0v) is 15.3. The minimum absolute atomic E-state index is 0.00495. The zero-order chi connectivity index (χ0) is 21.0. The number of carbonyl (C=O) groups is 1. The Morgan fingerprint density at radius 3 is 2.59 bits per heavy atom. The molecule has 1 aromatic heterocycles. The maximum atomic E-state index is 12.9. The predicted octanol–water partition coefficient (Wildman–Crippen LogP) is 5.19. The number of hydrogen-bond acceptors (Lipinski definition) is 5. The van der Waals surface area contributed by atoms with E-state index < -0.39 is 16.6 Å². The number of rotatable bonds is 5. The fourth-order valence-corrected chi connectivity index (χ4v) is 2.60.